The number of rotatable bonds is 6. The van der Waals surface area contributed by atoms with E-state index < -0.39 is 0 Å². The Morgan fingerprint density at radius 3 is 1.07 bits per heavy atom. The maximum atomic E-state index is 15.3. The minimum Gasteiger partial charge on any atom is -0.307 e. The standard InChI is InChI=1S/C40H50N2O2/c43-37(39-21-27-15-28(22-39)17-29(16-27)23-39)41(33-9-3-1-4-10-33)35-13-7-8-14-36(35)42(34-11-5-2-6-12-34)38(44)40-24-30-18-31(25-40)20-32(19-30)26-40/h1-6,9-12,27-32,35-36H,7-8,13-26H2. The van der Waals surface area contributed by atoms with Crippen LogP contribution in [0.4, 0.5) is 11.4 Å². The first-order chi connectivity index (χ1) is 21.5. The lowest BCUT2D eigenvalue weighted by Gasteiger charge is -2.59. The van der Waals surface area contributed by atoms with Gasteiger partial charge in [0.2, 0.25) is 11.8 Å². The Morgan fingerprint density at radius 1 is 0.477 bits per heavy atom. The van der Waals surface area contributed by atoms with Crippen LogP contribution in [0, 0.1) is 46.3 Å². The molecule has 2 atom stereocenters. The van der Waals surface area contributed by atoms with Crippen LogP contribution in [0.2, 0.25) is 0 Å². The van der Waals surface area contributed by atoms with Crippen LogP contribution in [-0.2, 0) is 9.59 Å². The SMILES string of the molecule is O=C(N(c1ccccc1)C1CCCCC1N(C(=O)C12CC3CC(CC(C3)C1)C2)c1ccccc1)C12CC3CC(CC(C3)C1)C2. The Balaban J connectivity index is 1.13. The average molecular weight is 591 g/mol. The molecule has 0 radical (unpaired) electrons. The highest BCUT2D eigenvalue weighted by molar-refractivity contribution is 6.01. The molecule has 2 unspecified atom stereocenters. The molecule has 4 heteroatoms. The summed E-state index contributed by atoms with van der Waals surface area (Å²) in [5, 5.41) is 0. The molecule has 0 heterocycles. The fourth-order valence-electron chi connectivity index (χ4n) is 13.0. The van der Waals surface area contributed by atoms with E-state index in [0.29, 0.717) is 11.8 Å². The predicted molar refractivity (Wildman–Crippen MR) is 175 cm³/mol. The van der Waals surface area contributed by atoms with Crippen LogP contribution in [0.25, 0.3) is 0 Å². The maximum Gasteiger partial charge on any atom is 0.233 e. The van der Waals surface area contributed by atoms with Crippen molar-refractivity contribution in [1.82, 2.24) is 0 Å². The van der Waals surface area contributed by atoms with Gasteiger partial charge in [0.1, 0.15) is 0 Å². The highest BCUT2D eigenvalue weighted by Crippen LogP contribution is 2.62. The van der Waals surface area contributed by atoms with Crippen molar-refractivity contribution in [3.8, 4) is 0 Å². The molecular formula is C40H50N2O2. The van der Waals surface area contributed by atoms with Crippen LogP contribution >= 0.6 is 0 Å². The van der Waals surface area contributed by atoms with Crippen molar-refractivity contribution < 1.29 is 9.59 Å². The molecule has 9 aliphatic rings. The Kier molecular flexibility index (Phi) is 6.58. The summed E-state index contributed by atoms with van der Waals surface area (Å²) in [6.45, 7) is 0. The van der Waals surface area contributed by atoms with E-state index in [1.54, 1.807) is 0 Å². The predicted octanol–water partition coefficient (Wildman–Crippen LogP) is 8.80. The maximum absolute atomic E-state index is 15.3. The average Bonchev–Trinajstić information content (AvgIpc) is 3.02. The summed E-state index contributed by atoms with van der Waals surface area (Å²) in [6.07, 6.45) is 18.7. The van der Waals surface area contributed by atoms with Gasteiger partial charge in [0.05, 0.1) is 22.9 Å². The largest absolute Gasteiger partial charge is 0.307 e. The van der Waals surface area contributed by atoms with E-state index >= 15 is 9.59 Å². The molecule has 11 rings (SSSR count). The van der Waals surface area contributed by atoms with Crippen molar-refractivity contribution in [2.45, 2.75) is 115 Å². The second-order valence-corrected chi connectivity index (χ2v) is 16.8. The van der Waals surface area contributed by atoms with Gasteiger partial charge in [-0.3, -0.25) is 9.59 Å². The van der Waals surface area contributed by atoms with Crippen LogP contribution in [0.3, 0.4) is 0 Å². The Labute approximate surface area is 264 Å². The lowest BCUT2D eigenvalue weighted by molar-refractivity contribution is -0.146. The first-order valence-electron chi connectivity index (χ1n) is 18.3. The summed E-state index contributed by atoms with van der Waals surface area (Å²) >= 11 is 0. The summed E-state index contributed by atoms with van der Waals surface area (Å²) in [4.78, 5) is 35.2. The minimum absolute atomic E-state index is 0.00437. The molecule has 2 aromatic rings. The molecule has 2 aromatic carbocycles. The van der Waals surface area contributed by atoms with Crippen molar-refractivity contribution in [1.29, 1.82) is 0 Å². The van der Waals surface area contributed by atoms with Crippen LogP contribution in [0.15, 0.2) is 60.7 Å². The molecule has 0 aromatic heterocycles. The van der Waals surface area contributed by atoms with Gasteiger partial charge in [-0.05, 0) is 150 Å². The molecular weight excluding hydrogens is 540 g/mol. The van der Waals surface area contributed by atoms with Crippen LogP contribution in [-0.4, -0.2) is 23.9 Å². The van der Waals surface area contributed by atoms with Crippen LogP contribution in [0.1, 0.15) is 103 Å². The second-order valence-electron chi connectivity index (χ2n) is 16.8. The third-order valence-corrected chi connectivity index (χ3v) is 13.8. The van der Waals surface area contributed by atoms with Crippen molar-refractivity contribution in [3.63, 3.8) is 0 Å². The van der Waals surface area contributed by atoms with E-state index in [1.807, 2.05) is 0 Å². The lowest BCUT2D eigenvalue weighted by atomic mass is 9.49. The zero-order valence-electron chi connectivity index (χ0n) is 26.4. The van der Waals surface area contributed by atoms with Crippen molar-refractivity contribution >= 4 is 23.2 Å². The number of para-hydroxylation sites is 2. The number of nitrogens with zero attached hydrogens (tertiary/aromatic N) is 2. The number of anilines is 2. The minimum atomic E-state index is -0.214. The van der Waals surface area contributed by atoms with Gasteiger partial charge >= 0.3 is 0 Å². The van der Waals surface area contributed by atoms with E-state index in [1.165, 1.54) is 38.5 Å². The first kappa shape index (κ1) is 27.7. The van der Waals surface area contributed by atoms with E-state index in [4.69, 9.17) is 0 Å². The normalized spacial score (nSPS) is 41.5. The number of amides is 2. The van der Waals surface area contributed by atoms with E-state index in [9.17, 15) is 0 Å². The smallest absolute Gasteiger partial charge is 0.233 e. The van der Waals surface area contributed by atoms with E-state index in [2.05, 4.69) is 70.5 Å². The van der Waals surface area contributed by atoms with Gasteiger partial charge in [-0.15, -0.1) is 0 Å². The van der Waals surface area contributed by atoms with Gasteiger partial charge in [0.15, 0.2) is 0 Å². The monoisotopic (exact) mass is 590 g/mol. The fourth-order valence-corrected chi connectivity index (χ4v) is 13.0. The zero-order valence-corrected chi connectivity index (χ0v) is 26.4. The quantitative estimate of drug-likeness (QED) is 0.337. The number of benzene rings is 2. The third kappa shape index (κ3) is 4.43. The first-order valence-corrected chi connectivity index (χ1v) is 18.3. The molecule has 9 fully saturated rings. The van der Waals surface area contributed by atoms with Crippen molar-refractivity contribution in [2.24, 2.45) is 46.3 Å². The van der Waals surface area contributed by atoms with Gasteiger partial charge in [-0.25, -0.2) is 0 Å². The molecule has 232 valence electrons. The van der Waals surface area contributed by atoms with Crippen molar-refractivity contribution in [3.05, 3.63) is 60.7 Å². The Hall–Kier alpha value is -2.62. The number of carbonyl (C=O) groups is 2. The van der Waals surface area contributed by atoms with Crippen molar-refractivity contribution in [2.75, 3.05) is 9.80 Å². The molecule has 4 nitrogen and oxygen atoms in total. The summed E-state index contributed by atoms with van der Waals surface area (Å²) in [6, 6.07) is 21.2. The topological polar surface area (TPSA) is 40.6 Å². The second kappa shape index (κ2) is 10.5. The molecule has 0 N–H and O–H groups in total. The highest BCUT2D eigenvalue weighted by atomic mass is 16.2. The molecule has 9 saturated carbocycles. The number of hydrogen-bond donors (Lipinski definition) is 0. The van der Waals surface area contributed by atoms with Crippen LogP contribution in [0.5, 0.6) is 0 Å². The van der Waals surface area contributed by atoms with Gasteiger partial charge in [-0.2, -0.15) is 0 Å². The highest BCUT2D eigenvalue weighted by Gasteiger charge is 2.59. The summed E-state index contributed by atoms with van der Waals surface area (Å²) in [5.74, 6) is 5.12. The fraction of sp³-hybridized carbons (Fsp3) is 0.650. The lowest BCUT2D eigenvalue weighted by Crippen LogP contribution is -2.64. The number of hydrogen-bond acceptors (Lipinski definition) is 2. The third-order valence-electron chi connectivity index (χ3n) is 13.8. The molecule has 0 spiro atoms. The molecule has 9 aliphatic carbocycles. The summed E-state index contributed by atoms with van der Waals surface area (Å²) in [7, 11) is 0. The van der Waals surface area contributed by atoms with Gasteiger partial charge < -0.3 is 9.80 Å². The molecule has 0 aliphatic heterocycles. The van der Waals surface area contributed by atoms with Gasteiger partial charge in [-0.1, -0.05) is 49.2 Å². The van der Waals surface area contributed by atoms with E-state index in [0.717, 1.165) is 111 Å². The Morgan fingerprint density at radius 2 is 0.773 bits per heavy atom. The molecule has 0 saturated heterocycles. The number of carbonyl (C=O) groups excluding carboxylic acids is 2. The molecule has 44 heavy (non-hydrogen) atoms. The summed E-state index contributed by atoms with van der Waals surface area (Å²) < 4.78 is 0. The van der Waals surface area contributed by atoms with Gasteiger partial charge in [0.25, 0.3) is 0 Å². The molecule has 8 bridgehead atoms. The van der Waals surface area contributed by atoms with Gasteiger partial charge in [0, 0.05) is 11.4 Å². The van der Waals surface area contributed by atoms with Crippen LogP contribution < -0.4 is 9.80 Å². The Bertz CT molecular complexity index is 1220. The zero-order chi connectivity index (χ0) is 29.5. The van der Waals surface area contributed by atoms with E-state index in [-0.39, 0.29) is 22.9 Å². The molecule has 2 amide bonds. The summed E-state index contributed by atoms with van der Waals surface area (Å²) in [5.41, 5.74) is 1.66.